The van der Waals surface area contributed by atoms with Gasteiger partial charge in [-0.3, -0.25) is 19.2 Å². The number of rotatable bonds is 11. The Balaban J connectivity index is 1.54. The molecule has 1 saturated heterocycles. The minimum absolute atomic E-state index is 0.00517. The van der Waals surface area contributed by atoms with Gasteiger partial charge in [0.1, 0.15) is 41.3 Å². The number of hydrogen-bond donors (Lipinski definition) is 4. The molecule has 0 bridgehead atoms. The van der Waals surface area contributed by atoms with Crippen LogP contribution < -0.4 is 20.7 Å². The van der Waals surface area contributed by atoms with E-state index >= 15 is 0 Å². The largest absolute Gasteiger partial charge is 0.488 e. The van der Waals surface area contributed by atoms with E-state index in [1.165, 1.54) is 36.1 Å². The number of hydrogen-bond acceptors (Lipinski definition) is 6. The molecule has 11 nitrogen and oxygen atoms in total. The zero-order valence-corrected chi connectivity index (χ0v) is 24.4. The predicted molar refractivity (Wildman–Crippen MR) is 150 cm³/mol. The minimum atomic E-state index is -1.35. The number of likely N-dealkylation sites (tertiary alicyclic amines) is 1. The van der Waals surface area contributed by atoms with Crippen LogP contribution in [0.1, 0.15) is 72.1 Å². The summed E-state index contributed by atoms with van der Waals surface area (Å²) in [7, 11) is 0. The van der Waals surface area contributed by atoms with Gasteiger partial charge in [-0.25, -0.2) is 9.18 Å². The Kier molecular flexibility index (Phi) is 9.73. The number of carbonyl (C=O) groups is 5. The molecule has 42 heavy (non-hydrogen) atoms. The lowest BCUT2D eigenvalue weighted by molar-refractivity contribution is -0.146. The summed E-state index contributed by atoms with van der Waals surface area (Å²) < 4.78 is 19.4. The Bertz CT molecular complexity index is 1180. The summed E-state index contributed by atoms with van der Waals surface area (Å²) in [5.74, 6) is -3.52. The third kappa shape index (κ3) is 7.38. The summed E-state index contributed by atoms with van der Waals surface area (Å²) >= 11 is 0. The molecule has 0 radical (unpaired) electrons. The number of ether oxygens (including phenoxy) is 1. The van der Waals surface area contributed by atoms with Crippen LogP contribution in [0.15, 0.2) is 24.3 Å². The third-order valence-corrected chi connectivity index (χ3v) is 8.48. The van der Waals surface area contributed by atoms with Crippen LogP contribution in [0, 0.1) is 17.7 Å². The molecule has 3 aliphatic rings. The number of aliphatic carboxylic acids is 1. The molecular weight excluding hydrogens is 547 g/mol. The first-order valence-electron chi connectivity index (χ1n) is 14.8. The lowest BCUT2D eigenvalue weighted by Crippen LogP contribution is -2.60. The molecule has 4 atom stereocenters. The van der Waals surface area contributed by atoms with Gasteiger partial charge < -0.3 is 30.7 Å². The normalized spacial score (nSPS) is 23.0. The van der Waals surface area contributed by atoms with E-state index in [0.717, 1.165) is 32.1 Å². The topological polar surface area (TPSA) is 154 Å². The molecule has 0 spiro atoms. The monoisotopic (exact) mass is 588 g/mol. The molecule has 1 aromatic carbocycles. The van der Waals surface area contributed by atoms with Crippen LogP contribution in [0.2, 0.25) is 0 Å². The highest BCUT2D eigenvalue weighted by Crippen LogP contribution is 2.36. The summed E-state index contributed by atoms with van der Waals surface area (Å²) in [6.07, 6.45) is 4.61. The molecule has 4 rings (SSSR count). The highest BCUT2D eigenvalue weighted by atomic mass is 19.1. The van der Waals surface area contributed by atoms with Crippen molar-refractivity contribution in [3.63, 3.8) is 0 Å². The minimum Gasteiger partial charge on any atom is -0.488 e. The number of carboxylic acids is 1. The second-order valence-corrected chi connectivity index (χ2v) is 12.1. The fraction of sp³-hybridized carbons (Fsp3) is 0.633. The average Bonchev–Trinajstić information content (AvgIpc) is 3.61. The molecule has 4 amide bonds. The summed E-state index contributed by atoms with van der Waals surface area (Å²) in [6, 6.07) is 2.54. The summed E-state index contributed by atoms with van der Waals surface area (Å²) in [4.78, 5) is 66.0. The van der Waals surface area contributed by atoms with Crippen LogP contribution in [-0.2, 0) is 24.0 Å². The van der Waals surface area contributed by atoms with Gasteiger partial charge in [-0.05, 0) is 61.8 Å². The van der Waals surface area contributed by atoms with Crippen molar-refractivity contribution in [2.45, 2.75) is 102 Å². The maximum atomic E-state index is 14.0. The third-order valence-electron chi connectivity index (χ3n) is 8.48. The van der Waals surface area contributed by atoms with Crippen molar-refractivity contribution in [2.75, 3.05) is 6.54 Å². The highest BCUT2D eigenvalue weighted by molar-refractivity contribution is 5.96. The molecular formula is C30H41FN4O7. The number of carboxylic acid groups (broad SMARTS) is 1. The fourth-order valence-corrected chi connectivity index (χ4v) is 5.94. The second-order valence-electron chi connectivity index (χ2n) is 12.1. The van der Waals surface area contributed by atoms with E-state index in [1.807, 2.05) is 0 Å². The van der Waals surface area contributed by atoms with Crippen LogP contribution in [0.25, 0.3) is 0 Å². The summed E-state index contributed by atoms with van der Waals surface area (Å²) in [5.41, 5.74) is -1.35. The number of benzene rings is 1. The summed E-state index contributed by atoms with van der Waals surface area (Å²) in [6.45, 7) is 4.91. The SMILES string of the molecule is CC(=O)N[C@H](C(=O)N[C@H](C(=O)N1C[C@H](Oc2ccc(F)cc2)C[C@H]1C(=O)NC1(C(=O)O)CC1)C(C)C)C1CCCCC1. The van der Waals surface area contributed by atoms with E-state index in [2.05, 4.69) is 16.0 Å². The van der Waals surface area contributed by atoms with Crippen LogP contribution in [0.4, 0.5) is 4.39 Å². The second kappa shape index (κ2) is 13.1. The Morgan fingerprint density at radius 2 is 1.67 bits per heavy atom. The van der Waals surface area contributed by atoms with Crippen LogP contribution in [0.3, 0.4) is 0 Å². The Morgan fingerprint density at radius 1 is 1.02 bits per heavy atom. The van der Waals surface area contributed by atoms with E-state index in [0.29, 0.717) is 18.6 Å². The number of nitrogens with one attached hydrogen (secondary N) is 3. The van der Waals surface area contributed by atoms with E-state index in [1.54, 1.807) is 13.8 Å². The number of nitrogens with zero attached hydrogens (tertiary/aromatic N) is 1. The Morgan fingerprint density at radius 3 is 2.21 bits per heavy atom. The molecule has 12 heteroatoms. The molecule has 2 aliphatic carbocycles. The van der Waals surface area contributed by atoms with Gasteiger partial charge in [-0.2, -0.15) is 0 Å². The standard InChI is InChI=1S/C30H41FN4O7/c1-17(2)24(33-27(38)25(32-18(3)36)19-7-5-4-6-8-19)28(39)35-16-22(42-21-11-9-20(31)10-12-21)15-23(35)26(37)34-30(13-14-30)29(40)41/h9-12,17,19,22-25H,4-8,13-16H2,1-3H3,(H,32,36)(H,33,38)(H,34,37)(H,40,41)/t22-,23+,24+,25+/m1/s1. The Labute approximate surface area is 244 Å². The molecule has 1 aliphatic heterocycles. The zero-order chi connectivity index (χ0) is 30.6. The van der Waals surface area contributed by atoms with Crippen molar-refractivity contribution in [2.24, 2.45) is 11.8 Å². The number of amides is 4. The molecule has 0 aromatic heterocycles. The van der Waals surface area contributed by atoms with Gasteiger partial charge in [0.15, 0.2) is 0 Å². The predicted octanol–water partition coefficient (Wildman–Crippen LogP) is 2.13. The maximum absolute atomic E-state index is 14.0. The fourth-order valence-electron chi connectivity index (χ4n) is 5.94. The lowest BCUT2D eigenvalue weighted by Gasteiger charge is -2.34. The molecule has 1 aromatic rings. The van der Waals surface area contributed by atoms with E-state index in [9.17, 15) is 33.5 Å². The smallest absolute Gasteiger partial charge is 0.329 e. The van der Waals surface area contributed by atoms with Crippen molar-refractivity contribution in [1.29, 1.82) is 0 Å². The highest BCUT2D eigenvalue weighted by Gasteiger charge is 2.54. The zero-order valence-electron chi connectivity index (χ0n) is 24.4. The first kappa shape index (κ1) is 31.2. The van der Waals surface area contributed by atoms with Gasteiger partial charge in [-0.1, -0.05) is 33.1 Å². The van der Waals surface area contributed by atoms with E-state index in [4.69, 9.17) is 4.74 Å². The number of halogens is 1. The van der Waals surface area contributed by atoms with E-state index < -0.39 is 59.3 Å². The molecule has 3 fully saturated rings. The van der Waals surface area contributed by atoms with Crippen LogP contribution in [0.5, 0.6) is 5.75 Å². The first-order valence-corrected chi connectivity index (χ1v) is 14.8. The maximum Gasteiger partial charge on any atom is 0.329 e. The van der Waals surface area contributed by atoms with E-state index in [-0.39, 0.29) is 30.7 Å². The van der Waals surface area contributed by atoms with Crippen LogP contribution >= 0.6 is 0 Å². The van der Waals surface area contributed by atoms with Crippen molar-refractivity contribution in [1.82, 2.24) is 20.9 Å². The quantitative estimate of drug-likeness (QED) is 0.309. The van der Waals surface area contributed by atoms with Crippen molar-refractivity contribution >= 4 is 29.6 Å². The van der Waals surface area contributed by atoms with Gasteiger partial charge in [-0.15, -0.1) is 0 Å². The van der Waals surface area contributed by atoms with Crippen molar-refractivity contribution < 1.29 is 38.2 Å². The van der Waals surface area contributed by atoms with Gasteiger partial charge in [0.2, 0.25) is 23.6 Å². The molecule has 0 unspecified atom stereocenters. The first-order chi connectivity index (χ1) is 19.9. The number of carbonyl (C=O) groups excluding carboxylic acids is 4. The molecule has 230 valence electrons. The Hall–Kier alpha value is -3.70. The van der Waals surface area contributed by atoms with Crippen molar-refractivity contribution in [3.05, 3.63) is 30.1 Å². The molecule has 2 saturated carbocycles. The van der Waals surface area contributed by atoms with Crippen molar-refractivity contribution in [3.8, 4) is 5.75 Å². The molecule has 1 heterocycles. The van der Waals surface area contributed by atoms with Gasteiger partial charge in [0.05, 0.1) is 6.54 Å². The van der Waals surface area contributed by atoms with Gasteiger partial charge in [0.25, 0.3) is 0 Å². The summed E-state index contributed by atoms with van der Waals surface area (Å²) in [5, 5.41) is 17.8. The van der Waals surface area contributed by atoms with Gasteiger partial charge >= 0.3 is 5.97 Å². The lowest BCUT2D eigenvalue weighted by atomic mass is 9.83. The van der Waals surface area contributed by atoms with Gasteiger partial charge in [0, 0.05) is 13.3 Å². The van der Waals surface area contributed by atoms with Crippen LogP contribution in [-0.4, -0.2) is 75.9 Å². The average molecular weight is 589 g/mol. The molecule has 4 N–H and O–H groups in total.